The van der Waals surface area contributed by atoms with E-state index in [1.54, 1.807) is 19.3 Å². The lowest BCUT2D eigenvalue weighted by Crippen LogP contribution is -2.41. The van der Waals surface area contributed by atoms with Crippen molar-refractivity contribution in [1.82, 2.24) is 24.8 Å². The molecule has 2 aliphatic rings. The molecule has 0 bridgehead atoms. The number of likely N-dealkylation sites (N-methyl/N-ethyl adjacent to an activating group) is 1. The molecule has 0 spiro atoms. The van der Waals surface area contributed by atoms with Crippen molar-refractivity contribution in [3.05, 3.63) is 35.8 Å². The SMILES string of the molecule is CC(=O)N1CCc2c(nc(-c3ccncc3)nc2N[C@@H]2CCCN(C)C2)C1. The molecule has 0 aliphatic carbocycles. The summed E-state index contributed by atoms with van der Waals surface area (Å²) in [5.74, 6) is 1.71. The van der Waals surface area contributed by atoms with Gasteiger partial charge in [0.2, 0.25) is 5.91 Å². The number of carbonyl (C=O) groups is 1. The highest BCUT2D eigenvalue weighted by molar-refractivity contribution is 5.74. The van der Waals surface area contributed by atoms with Crippen molar-refractivity contribution in [2.24, 2.45) is 0 Å². The van der Waals surface area contributed by atoms with Crippen LogP contribution < -0.4 is 5.32 Å². The van der Waals surface area contributed by atoms with E-state index in [0.29, 0.717) is 18.4 Å². The molecule has 4 rings (SSSR count). The van der Waals surface area contributed by atoms with E-state index in [1.807, 2.05) is 17.0 Å². The fourth-order valence-corrected chi connectivity index (χ4v) is 3.93. The molecule has 0 radical (unpaired) electrons. The second-order valence-corrected chi connectivity index (χ2v) is 7.49. The number of nitrogens with zero attached hydrogens (tertiary/aromatic N) is 5. The van der Waals surface area contributed by atoms with Gasteiger partial charge in [-0.2, -0.15) is 0 Å². The van der Waals surface area contributed by atoms with Gasteiger partial charge in [-0.3, -0.25) is 9.78 Å². The van der Waals surface area contributed by atoms with Crippen LogP contribution >= 0.6 is 0 Å². The number of hydrogen-bond donors (Lipinski definition) is 1. The Bertz CT molecular complexity index is 825. The maximum absolute atomic E-state index is 11.9. The number of aromatic nitrogens is 3. The van der Waals surface area contributed by atoms with E-state index in [2.05, 4.69) is 22.2 Å². The Balaban J connectivity index is 1.70. The van der Waals surface area contributed by atoms with Gasteiger partial charge in [-0.05, 0) is 45.0 Å². The van der Waals surface area contributed by atoms with Crippen molar-refractivity contribution in [2.45, 2.75) is 38.8 Å². The molecule has 27 heavy (non-hydrogen) atoms. The van der Waals surface area contributed by atoms with Crippen LogP contribution in [0.5, 0.6) is 0 Å². The first-order chi connectivity index (χ1) is 13.1. The lowest BCUT2D eigenvalue weighted by molar-refractivity contribution is -0.129. The summed E-state index contributed by atoms with van der Waals surface area (Å²) in [5, 5.41) is 3.68. The minimum Gasteiger partial charge on any atom is -0.366 e. The van der Waals surface area contributed by atoms with Crippen LogP contribution in [0.1, 0.15) is 31.0 Å². The average Bonchev–Trinajstić information content (AvgIpc) is 2.68. The van der Waals surface area contributed by atoms with E-state index in [1.165, 1.54) is 6.42 Å². The molecular formula is C20H26N6O. The highest BCUT2D eigenvalue weighted by Crippen LogP contribution is 2.28. The molecule has 2 aromatic rings. The van der Waals surface area contributed by atoms with Gasteiger partial charge in [0.1, 0.15) is 5.82 Å². The van der Waals surface area contributed by atoms with Gasteiger partial charge in [0, 0.05) is 49.6 Å². The topological polar surface area (TPSA) is 74.2 Å². The molecule has 7 heteroatoms. The molecule has 0 unspecified atom stereocenters. The highest BCUT2D eigenvalue weighted by atomic mass is 16.2. The van der Waals surface area contributed by atoms with Crippen LogP contribution in [0.25, 0.3) is 11.4 Å². The van der Waals surface area contributed by atoms with Gasteiger partial charge in [-0.1, -0.05) is 0 Å². The summed E-state index contributed by atoms with van der Waals surface area (Å²) in [6, 6.07) is 4.23. The van der Waals surface area contributed by atoms with E-state index in [9.17, 15) is 4.79 Å². The van der Waals surface area contributed by atoms with Gasteiger partial charge in [0.25, 0.3) is 0 Å². The first-order valence-corrected chi connectivity index (χ1v) is 9.61. The molecule has 1 atom stereocenters. The fourth-order valence-electron chi connectivity index (χ4n) is 3.93. The third-order valence-corrected chi connectivity index (χ3v) is 5.41. The Morgan fingerprint density at radius 1 is 1.22 bits per heavy atom. The number of hydrogen-bond acceptors (Lipinski definition) is 6. The first-order valence-electron chi connectivity index (χ1n) is 9.61. The lowest BCUT2D eigenvalue weighted by Gasteiger charge is -2.33. The molecular weight excluding hydrogens is 340 g/mol. The molecule has 4 heterocycles. The monoisotopic (exact) mass is 366 g/mol. The molecule has 1 N–H and O–H groups in total. The van der Waals surface area contributed by atoms with Crippen molar-refractivity contribution in [2.75, 3.05) is 32.0 Å². The van der Waals surface area contributed by atoms with Crippen molar-refractivity contribution in [3.8, 4) is 11.4 Å². The molecule has 1 fully saturated rings. The summed E-state index contributed by atoms with van der Waals surface area (Å²) in [6.45, 7) is 5.05. The van der Waals surface area contributed by atoms with E-state index < -0.39 is 0 Å². The average molecular weight is 366 g/mol. The predicted octanol–water partition coefficient (Wildman–Crippen LogP) is 1.95. The second-order valence-electron chi connectivity index (χ2n) is 7.49. The molecule has 0 saturated carbocycles. The van der Waals surface area contributed by atoms with Crippen molar-refractivity contribution in [1.29, 1.82) is 0 Å². The zero-order chi connectivity index (χ0) is 18.8. The Kier molecular flexibility index (Phi) is 5.03. The number of carbonyl (C=O) groups excluding carboxylic acids is 1. The molecule has 7 nitrogen and oxygen atoms in total. The van der Waals surface area contributed by atoms with Crippen LogP contribution in [0.3, 0.4) is 0 Å². The van der Waals surface area contributed by atoms with Gasteiger partial charge >= 0.3 is 0 Å². The number of rotatable bonds is 3. The Labute approximate surface area is 159 Å². The standard InChI is InChI=1S/C20H26N6O/c1-14(27)26-11-7-17-18(13-26)23-19(15-5-8-21-9-6-15)24-20(17)22-16-4-3-10-25(2)12-16/h5-6,8-9,16H,3-4,7,10-13H2,1-2H3,(H,22,23,24)/t16-/m1/s1. The smallest absolute Gasteiger partial charge is 0.219 e. The van der Waals surface area contributed by atoms with Gasteiger partial charge in [0.15, 0.2) is 5.82 Å². The van der Waals surface area contributed by atoms with Crippen LogP contribution in [-0.2, 0) is 17.8 Å². The third kappa shape index (κ3) is 3.93. The van der Waals surface area contributed by atoms with Gasteiger partial charge < -0.3 is 15.1 Å². The molecule has 2 aliphatic heterocycles. The zero-order valence-corrected chi connectivity index (χ0v) is 16.0. The summed E-state index contributed by atoms with van der Waals surface area (Å²) in [5.41, 5.74) is 3.04. The van der Waals surface area contributed by atoms with Crippen molar-refractivity contribution in [3.63, 3.8) is 0 Å². The molecule has 0 aromatic carbocycles. The van der Waals surface area contributed by atoms with Crippen LogP contribution in [-0.4, -0.2) is 63.4 Å². The molecule has 2 aromatic heterocycles. The summed E-state index contributed by atoms with van der Waals surface area (Å²) in [4.78, 5) is 29.8. The third-order valence-electron chi connectivity index (χ3n) is 5.41. The largest absolute Gasteiger partial charge is 0.366 e. The van der Waals surface area contributed by atoms with Crippen LogP contribution in [0.15, 0.2) is 24.5 Å². The maximum Gasteiger partial charge on any atom is 0.219 e. The minimum atomic E-state index is 0.0909. The van der Waals surface area contributed by atoms with Gasteiger partial charge in [-0.25, -0.2) is 9.97 Å². The highest BCUT2D eigenvalue weighted by Gasteiger charge is 2.26. The predicted molar refractivity (Wildman–Crippen MR) is 104 cm³/mol. The zero-order valence-electron chi connectivity index (χ0n) is 16.0. The van der Waals surface area contributed by atoms with E-state index in [0.717, 1.165) is 55.1 Å². The maximum atomic E-state index is 11.9. The number of nitrogens with one attached hydrogen (secondary N) is 1. The lowest BCUT2D eigenvalue weighted by atomic mass is 10.0. The number of piperidine rings is 1. The van der Waals surface area contributed by atoms with Crippen LogP contribution in [0.2, 0.25) is 0 Å². The number of fused-ring (bicyclic) bond motifs is 1. The van der Waals surface area contributed by atoms with Crippen molar-refractivity contribution < 1.29 is 4.79 Å². The van der Waals surface area contributed by atoms with E-state index in [4.69, 9.17) is 9.97 Å². The Morgan fingerprint density at radius 3 is 2.78 bits per heavy atom. The van der Waals surface area contributed by atoms with E-state index in [-0.39, 0.29) is 5.91 Å². The molecule has 1 saturated heterocycles. The normalized spacial score (nSPS) is 20.2. The summed E-state index contributed by atoms with van der Waals surface area (Å²) in [6.07, 6.45) is 6.63. The number of pyridine rings is 1. The number of anilines is 1. The summed E-state index contributed by atoms with van der Waals surface area (Å²) < 4.78 is 0. The first kappa shape index (κ1) is 17.9. The van der Waals surface area contributed by atoms with Gasteiger partial charge in [0.05, 0.1) is 12.2 Å². The quantitative estimate of drug-likeness (QED) is 0.895. The van der Waals surface area contributed by atoms with Crippen LogP contribution in [0, 0.1) is 0 Å². The summed E-state index contributed by atoms with van der Waals surface area (Å²) in [7, 11) is 2.16. The fraction of sp³-hybridized carbons (Fsp3) is 0.500. The second kappa shape index (κ2) is 7.60. The van der Waals surface area contributed by atoms with E-state index >= 15 is 0 Å². The molecule has 1 amide bonds. The Morgan fingerprint density at radius 2 is 2.04 bits per heavy atom. The number of amides is 1. The van der Waals surface area contributed by atoms with Gasteiger partial charge in [-0.15, -0.1) is 0 Å². The minimum absolute atomic E-state index is 0.0909. The summed E-state index contributed by atoms with van der Waals surface area (Å²) >= 11 is 0. The van der Waals surface area contributed by atoms with Crippen molar-refractivity contribution >= 4 is 11.7 Å². The molecule has 142 valence electrons. The van der Waals surface area contributed by atoms with Crippen LogP contribution in [0.4, 0.5) is 5.82 Å². The Hall–Kier alpha value is -2.54. The number of likely N-dealkylation sites (tertiary alicyclic amines) is 1.